The molecule has 1 aromatic carbocycles. The number of ether oxygens (including phenoxy) is 2. The average Bonchev–Trinajstić information content (AvgIpc) is 3.21. The Labute approximate surface area is 162 Å². The molecule has 1 unspecified atom stereocenters. The largest absolute Gasteiger partial charge is 0.497 e. The zero-order valence-electron chi connectivity index (χ0n) is 15.4. The van der Waals surface area contributed by atoms with E-state index in [1.807, 2.05) is 17.5 Å². The van der Waals surface area contributed by atoms with E-state index < -0.39 is 0 Å². The lowest BCUT2D eigenvalue weighted by Gasteiger charge is -2.38. The van der Waals surface area contributed by atoms with Crippen molar-refractivity contribution in [1.82, 2.24) is 0 Å². The molecule has 2 aromatic rings. The van der Waals surface area contributed by atoms with E-state index in [4.69, 9.17) is 9.47 Å². The van der Waals surface area contributed by atoms with E-state index in [2.05, 4.69) is 0 Å². The third kappa shape index (κ3) is 3.04. The van der Waals surface area contributed by atoms with E-state index in [0.717, 1.165) is 22.6 Å². The van der Waals surface area contributed by atoms with Crippen molar-refractivity contribution in [2.24, 2.45) is 0 Å². The van der Waals surface area contributed by atoms with Gasteiger partial charge in [0.1, 0.15) is 11.5 Å². The van der Waals surface area contributed by atoms with Crippen LogP contribution >= 0.6 is 11.3 Å². The van der Waals surface area contributed by atoms with Crippen molar-refractivity contribution in [2.75, 3.05) is 19.1 Å². The second-order valence-corrected chi connectivity index (χ2v) is 7.66. The summed E-state index contributed by atoms with van der Waals surface area (Å²) in [5.74, 6) is 1.21. The van der Waals surface area contributed by atoms with Crippen LogP contribution in [0.2, 0.25) is 0 Å². The molecule has 0 spiro atoms. The summed E-state index contributed by atoms with van der Waals surface area (Å²) in [5.41, 5.74) is 2.23. The molecule has 1 aromatic heterocycles. The molecule has 27 heavy (non-hydrogen) atoms. The highest BCUT2D eigenvalue weighted by atomic mass is 32.1. The van der Waals surface area contributed by atoms with Crippen molar-refractivity contribution in [1.29, 1.82) is 0 Å². The molecule has 0 saturated heterocycles. The fraction of sp³-hybridized carbons (Fsp3) is 0.333. The molecule has 1 aliphatic heterocycles. The number of hydrogen-bond donors (Lipinski definition) is 0. The Morgan fingerprint density at radius 3 is 2.67 bits per heavy atom. The topological polar surface area (TPSA) is 55.8 Å². The van der Waals surface area contributed by atoms with E-state index >= 15 is 0 Å². The standard InChI is InChI=1S/C21H21NO4S/c1-25-13-8-9-18(26-2)16(11-13)22-15-5-3-6-17(23)21(15)14(12-20(22)24)19-7-4-10-27-19/h4,7-11,14H,3,5-6,12H2,1-2H3. The lowest BCUT2D eigenvalue weighted by atomic mass is 9.79. The monoisotopic (exact) mass is 383 g/mol. The van der Waals surface area contributed by atoms with E-state index in [9.17, 15) is 9.59 Å². The maximum Gasteiger partial charge on any atom is 0.232 e. The Balaban J connectivity index is 1.89. The normalized spacial score (nSPS) is 19.9. The number of Topliss-reactive ketones (excluding diaryl/α,β-unsaturated/α-hetero) is 1. The van der Waals surface area contributed by atoms with Gasteiger partial charge in [-0.2, -0.15) is 0 Å². The van der Waals surface area contributed by atoms with Gasteiger partial charge in [-0.05, 0) is 36.4 Å². The molecule has 4 rings (SSSR count). The number of nitrogens with zero attached hydrogens (tertiary/aromatic N) is 1. The minimum Gasteiger partial charge on any atom is -0.497 e. The van der Waals surface area contributed by atoms with Crippen LogP contribution in [0, 0.1) is 0 Å². The van der Waals surface area contributed by atoms with Crippen molar-refractivity contribution in [3.8, 4) is 11.5 Å². The molecule has 0 fully saturated rings. The van der Waals surface area contributed by atoms with Crippen molar-refractivity contribution in [2.45, 2.75) is 31.6 Å². The van der Waals surface area contributed by atoms with Crippen LogP contribution in [0.5, 0.6) is 11.5 Å². The van der Waals surface area contributed by atoms with Crippen molar-refractivity contribution in [3.05, 3.63) is 51.9 Å². The van der Waals surface area contributed by atoms with E-state index in [-0.39, 0.29) is 24.0 Å². The number of amides is 1. The smallest absolute Gasteiger partial charge is 0.232 e. The first-order valence-corrected chi connectivity index (χ1v) is 9.86. The Hall–Kier alpha value is -2.60. The van der Waals surface area contributed by atoms with Gasteiger partial charge in [-0.25, -0.2) is 0 Å². The molecular weight excluding hydrogens is 362 g/mol. The highest BCUT2D eigenvalue weighted by molar-refractivity contribution is 7.10. The molecule has 6 heteroatoms. The van der Waals surface area contributed by atoms with Gasteiger partial charge in [0.2, 0.25) is 5.91 Å². The van der Waals surface area contributed by atoms with Crippen molar-refractivity contribution in [3.63, 3.8) is 0 Å². The number of carbonyl (C=O) groups excluding carboxylic acids is 2. The maximum atomic E-state index is 13.2. The Kier molecular flexibility index (Phi) is 4.74. The van der Waals surface area contributed by atoms with Crippen LogP contribution in [0.1, 0.15) is 36.5 Å². The fourth-order valence-electron chi connectivity index (χ4n) is 3.98. The number of anilines is 1. The average molecular weight is 383 g/mol. The lowest BCUT2D eigenvalue weighted by Crippen LogP contribution is -2.40. The van der Waals surface area contributed by atoms with Crippen LogP contribution in [0.4, 0.5) is 5.69 Å². The predicted molar refractivity (Wildman–Crippen MR) is 105 cm³/mol. The third-order valence-electron chi connectivity index (χ3n) is 5.19. The van der Waals surface area contributed by atoms with Gasteiger partial charge < -0.3 is 9.47 Å². The summed E-state index contributed by atoms with van der Waals surface area (Å²) in [4.78, 5) is 28.8. The number of allylic oxidation sites excluding steroid dienone is 2. The van der Waals surface area contributed by atoms with Gasteiger partial charge in [0.25, 0.3) is 0 Å². The van der Waals surface area contributed by atoms with Crippen LogP contribution in [0.3, 0.4) is 0 Å². The molecule has 5 nitrogen and oxygen atoms in total. The summed E-state index contributed by atoms with van der Waals surface area (Å²) in [6, 6.07) is 9.36. The summed E-state index contributed by atoms with van der Waals surface area (Å²) >= 11 is 1.60. The van der Waals surface area contributed by atoms with Crippen molar-refractivity contribution < 1.29 is 19.1 Å². The number of hydrogen-bond acceptors (Lipinski definition) is 5. The van der Waals surface area contributed by atoms with Crippen LogP contribution in [-0.4, -0.2) is 25.9 Å². The predicted octanol–water partition coefficient (Wildman–Crippen LogP) is 4.29. The number of benzene rings is 1. The molecule has 0 N–H and O–H groups in total. The first-order valence-electron chi connectivity index (χ1n) is 8.98. The number of ketones is 1. The number of methoxy groups -OCH3 is 2. The maximum absolute atomic E-state index is 13.2. The Morgan fingerprint density at radius 2 is 1.96 bits per heavy atom. The summed E-state index contributed by atoms with van der Waals surface area (Å²) in [6.07, 6.45) is 2.28. The zero-order chi connectivity index (χ0) is 19.0. The van der Waals surface area contributed by atoms with Crippen LogP contribution in [0.25, 0.3) is 0 Å². The molecule has 1 atom stereocenters. The molecule has 140 valence electrons. The number of thiophene rings is 1. The molecule has 0 bridgehead atoms. The molecule has 1 amide bonds. The Bertz CT molecular complexity index is 916. The van der Waals surface area contributed by atoms with Gasteiger partial charge in [-0.15, -0.1) is 11.3 Å². The van der Waals surface area contributed by atoms with Crippen LogP contribution in [0.15, 0.2) is 47.0 Å². The Morgan fingerprint density at radius 1 is 1.11 bits per heavy atom. The molecule has 2 heterocycles. The molecule has 1 aliphatic carbocycles. The summed E-state index contributed by atoms with van der Waals surface area (Å²) < 4.78 is 10.8. The molecular formula is C21H21NO4S. The van der Waals surface area contributed by atoms with Crippen LogP contribution < -0.4 is 14.4 Å². The highest BCUT2D eigenvalue weighted by Crippen LogP contribution is 2.46. The lowest BCUT2D eigenvalue weighted by molar-refractivity contribution is -0.119. The minimum absolute atomic E-state index is 0.0200. The zero-order valence-corrected chi connectivity index (χ0v) is 16.2. The quantitative estimate of drug-likeness (QED) is 0.790. The number of rotatable bonds is 4. The molecule has 0 saturated carbocycles. The van der Waals surface area contributed by atoms with Gasteiger partial charge in [-0.3, -0.25) is 14.5 Å². The van der Waals surface area contributed by atoms with Crippen molar-refractivity contribution >= 4 is 28.7 Å². The molecule has 0 radical (unpaired) electrons. The first-order chi connectivity index (χ1) is 13.1. The van der Waals surface area contributed by atoms with Gasteiger partial charge in [0.15, 0.2) is 5.78 Å². The summed E-state index contributed by atoms with van der Waals surface area (Å²) in [5, 5.41) is 1.99. The third-order valence-corrected chi connectivity index (χ3v) is 6.17. The summed E-state index contributed by atoms with van der Waals surface area (Å²) in [6.45, 7) is 0. The van der Waals surface area contributed by atoms with E-state index in [1.165, 1.54) is 0 Å². The van der Waals surface area contributed by atoms with Gasteiger partial charge >= 0.3 is 0 Å². The molecule has 2 aliphatic rings. The first kappa shape index (κ1) is 17.8. The SMILES string of the molecule is COc1ccc(OC)c(N2C(=O)CC(c3cccs3)C3=C2CCCC3=O)c1. The summed E-state index contributed by atoms with van der Waals surface area (Å²) in [7, 11) is 3.17. The highest BCUT2D eigenvalue weighted by Gasteiger charge is 2.40. The van der Waals surface area contributed by atoms with Crippen LogP contribution in [-0.2, 0) is 9.59 Å². The second-order valence-electron chi connectivity index (χ2n) is 6.68. The van der Waals surface area contributed by atoms with E-state index in [0.29, 0.717) is 30.0 Å². The fourth-order valence-corrected chi connectivity index (χ4v) is 4.81. The number of carbonyl (C=O) groups is 2. The minimum atomic E-state index is -0.145. The van der Waals surface area contributed by atoms with E-state index in [1.54, 1.807) is 48.7 Å². The van der Waals surface area contributed by atoms with Gasteiger partial charge in [-0.1, -0.05) is 6.07 Å². The second kappa shape index (κ2) is 7.19. The van der Waals surface area contributed by atoms with Gasteiger partial charge in [0, 0.05) is 41.0 Å². The van der Waals surface area contributed by atoms with Gasteiger partial charge in [0.05, 0.1) is 19.9 Å².